The summed E-state index contributed by atoms with van der Waals surface area (Å²) in [5, 5.41) is 9.26. The number of alkyl halides is 3. The monoisotopic (exact) mass is 538 g/mol. The molecule has 194 valence electrons. The molecule has 3 rings (SSSR count). The van der Waals surface area contributed by atoms with E-state index in [4.69, 9.17) is 9.47 Å². The fourth-order valence-corrected chi connectivity index (χ4v) is 5.79. The number of nitrogens with zero attached hydrogens (tertiary/aromatic N) is 1. The van der Waals surface area contributed by atoms with Gasteiger partial charge in [-0.1, -0.05) is 0 Å². The van der Waals surface area contributed by atoms with Gasteiger partial charge in [0.2, 0.25) is 0 Å². The predicted octanol–water partition coefficient (Wildman–Crippen LogP) is 3.68. The third kappa shape index (κ3) is 6.25. The van der Waals surface area contributed by atoms with E-state index in [9.17, 15) is 31.6 Å². The Labute approximate surface area is 207 Å². The van der Waals surface area contributed by atoms with Crippen molar-refractivity contribution in [1.29, 1.82) is 0 Å². The summed E-state index contributed by atoms with van der Waals surface area (Å²) in [6.45, 7) is 1.70. The number of nitrogens with one attached hydrogen (secondary N) is 1. The van der Waals surface area contributed by atoms with Gasteiger partial charge in [-0.3, -0.25) is 10.0 Å². The molecule has 2 N–H and O–H groups in total. The van der Waals surface area contributed by atoms with Crippen LogP contribution in [0.1, 0.15) is 18.4 Å². The maximum atomic E-state index is 13.5. The van der Waals surface area contributed by atoms with Crippen LogP contribution in [0.15, 0.2) is 53.4 Å². The number of amides is 1. The topological polar surface area (TPSA) is 105 Å². The summed E-state index contributed by atoms with van der Waals surface area (Å²) in [6, 6.07) is 9.30. The second kappa shape index (κ2) is 11.6. The second-order valence-corrected chi connectivity index (χ2v) is 10.1. The number of piperidine rings is 1. The van der Waals surface area contributed by atoms with E-state index >= 15 is 0 Å². The van der Waals surface area contributed by atoms with Crippen LogP contribution in [-0.2, 0) is 25.5 Å². The van der Waals surface area contributed by atoms with Gasteiger partial charge in [0.15, 0.2) is 14.6 Å². The van der Waals surface area contributed by atoms with Crippen molar-refractivity contribution in [2.24, 2.45) is 0 Å². The molecule has 8 nitrogen and oxygen atoms in total. The van der Waals surface area contributed by atoms with E-state index in [1.54, 1.807) is 7.11 Å². The standard InChI is InChI=1S/C22H25F3N2O6S.ClH/c1-32-15-14-27-12-10-21(11-13-27,20(28)26-29)34(30,31)19-8-6-18(7-9-19)33-17-4-2-16(3-5-17)22(23,24)25;/h2-9,29H,10-15H2,1H3,(H,26,28);1H. The number of rotatable bonds is 8. The molecule has 35 heavy (non-hydrogen) atoms. The van der Waals surface area contributed by atoms with Crippen LogP contribution in [0.5, 0.6) is 11.5 Å². The van der Waals surface area contributed by atoms with Crippen molar-refractivity contribution in [1.82, 2.24) is 10.4 Å². The smallest absolute Gasteiger partial charge is 0.416 e. The van der Waals surface area contributed by atoms with Crippen molar-refractivity contribution >= 4 is 28.2 Å². The number of hydroxylamine groups is 1. The first kappa shape index (κ1) is 28.9. The Morgan fingerprint density at radius 1 is 1.06 bits per heavy atom. The summed E-state index contributed by atoms with van der Waals surface area (Å²) in [4.78, 5) is 14.4. The molecule has 0 spiro atoms. The van der Waals surface area contributed by atoms with Gasteiger partial charge in [-0.15, -0.1) is 12.4 Å². The van der Waals surface area contributed by atoms with Crippen molar-refractivity contribution in [3.8, 4) is 11.5 Å². The van der Waals surface area contributed by atoms with Gasteiger partial charge in [0, 0.05) is 26.7 Å². The van der Waals surface area contributed by atoms with Crippen molar-refractivity contribution in [2.75, 3.05) is 33.4 Å². The number of hydrogen-bond donors (Lipinski definition) is 2. The third-order valence-corrected chi connectivity index (χ3v) is 8.37. The highest BCUT2D eigenvalue weighted by atomic mass is 35.5. The van der Waals surface area contributed by atoms with E-state index in [0.717, 1.165) is 24.3 Å². The molecule has 0 unspecified atom stereocenters. The first-order chi connectivity index (χ1) is 16.0. The number of carbonyl (C=O) groups is 1. The number of halogens is 4. The number of hydrogen-bond acceptors (Lipinski definition) is 7. The molecule has 1 heterocycles. The number of benzene rings is 2. The number of methoxy groups -OCH3 is 1. The Morgan fingerprint density at radius 2 is 1.57 bits per heavy atom. The first-order valence-electron chi connectivity index (χ1n) is 10.4. The largest absolute Gasteiger partial charge is 0.457 e. The molecule has 0 radical (unpaired) electrons. The highest BCUT2D eigenvalue weighted by molar-refractivity contribution is 7.93. The Hall–Kier alpha value is -2.38. The average molecular weight is 539 g/mol. The molecule has 0 aliphatic carbocycles. The minimum Gasteiger partial charge on any atom is -0.457 e. The maximum Gasteiger partial charge on any atom is 0.416 e. The Morgan fingerprint density at radius 3 is 2.03 bits per heavy atom. The van der Waals surface area contributed by atoms with Crippen molar-refractivity contribution in [2.45, 2.75) is 28.7 Å². The molecular weight excluding hydrogens is 513 g/mol. The first-order valence-corrected chi connectivity index (χ1v) is 11.9. The lowest BCUT2D eigenvalue weighted by Gasteiger charge is -2.39. The molecule has 1 fully saturated rings. The lowest BCUT2D eigenvalue weighted by Crippen LogP contribution is -2.57. The van der Waals surface area contributed by atoms with E-state index in [0.29, 0.717) is 26.2 Å². The summed E-state index contributed by atoms with van der Waals surface area (Å²) in [7, 11) is -2.64. The summed E-state index contributed by atoms with van der Waals surface area (Å²) in [5.74, 6) is -0.652. The summed E-state index contributed by atoms with van der Waals surface area (Å²) >= 11 is 0. The van der Waals surface area contributed by atoms with Gasteiger partial charge >= 0.3 is 6.18 Å². The molecule has 2 aromatic rings. The van der Waals surface area contributed by atoms with E-state index < -0.39 is 32.2 Å². The van der Waals surface area contributed by atoms with E-state index in [2.05, 4.69) is 0 Å². The SMILES string of the molecule is COCCN1CCC(C(=O)NO)(S(=O)(=O)c2ccc(Oc3ccc(C(F)(F)F)cc3)cc2)CC1.Cl. The van der Waals surface area contributed by atoms with Crippen LogP contribution in [0.4, 0.5) is 13.2 Å². The Balaban J connectivity index is 0.00000432. The van der Waals surface area contributed by atoms with E-state index in [1.807, 2.05) is 4.90 Å². The molecule has 0 aromatic heterocycles. The lowest BCUT2D eigenvalue weighted by atomic mass is 9.95. The molecule has 1 saturated heterocycles. The molecule has 1 aliphatic heterocycles. The molecule has 1 amide bonds. The second-order valence-electron chi connectivity index (χ2n) is 7.87. The lowest BCUT2D eigenvalue weighted by molar-refractivity contribution is -0.137. The van der Waals surface area contributed by atoms with Gasteiger partial charge in [-0.25, -0.2) is 13.9 Å². The molecule has 0 atom stereocenters. The highest BCUT2D eigenvalue weighted by Crippen LogP contribution is 2.37. The van der Waals surface area contributed by atoms with Gasteiger partial charge < -0.3 is 14.4 Å². The fraction of sp³-hybridized carbons (Fsp3) is 0.409. The molecule has 0 bridgehead atoms. The molecular formula is C22H26ClF3N2O6S. The quantitative estimate of drug-likeness (QED) is 0.390. The maximum absolute atomic E-state index is 13.5. The van der Waals surface area contributed by atoms with E-state index in [-0.39, 0.29) is 41.6 Å². The van der Waals surface area contributed by atoms with Gasteiger partial charge in [-0.05, 0) is 61.4 Å². The van der Waals surface area contributed by atoms with Crippen LogP contribution in [0.2, 0.25) is 0 Å². The minimum absolute atomic E-state index is 0. The number of carbonyl (C=O) groups excluding carboxylic acids is 1. The highest BCUT2D eigenvalue weighted by Gasteiger charge is 2.52. The van der Waals surface area contributed by atoms with Crippen molar-refractivity contribution in [3.05, 3.63) is 54.1 Å². The zero-order chi connectivity index (χ0) is 25.0. The van der Waals surface area contributed by atoms with Gasteiger partial charge in [0.25, 0.3) is 5.91 Å². The normalized spacial score (nSPS) is 16.3. The Kier molecular flexibility index (Phi) is 9.54. The van der Waals surface area contributed by atoms with Crippen LogP contribution >= 0.6 is 12.4 Å². The number of likely N-dealkylation sites (tertiary alicyclic amines) is 1. The van der Waals surface area contributed by atoms with Crippen molar-refractivity contribution < 1.29 is 41.1 Å². The van der Waals surface area contributed by atoms with Crippen LogP contribution in [0.3, 0.4) is 0 Å². The minimum atomic E-state index is -4.47. The third-order valence-electron chi connectivity index (χ3n) is 5.86. The van der Waals surface area contributed by atoms with Gasteiger partial charge in [0.05, 0.1) is 17.1 Å². The number of ether oxygens (including phenoxy) is 2. The van der Waals surface area contributed by atoms with Crippen LogP contribution < -0.4 is 10.2 Å². The van der Waals surface area contributed by atoms with E-state index in [1.165, 1.54) is 29.7 Å². The number of sulfone groups is 1. The molecule has 1 aliphatic rings. The van der Waals surface area contributed by atoms with Gasteiger partial charge in [-0.2, -0.15) is 13.2 Å². The molecule has 0 saturated carbocycles. The summed E-state index contributed by atoms with van der Waals surface area (Å²) in [5.41, 5.74) is 0.685. The molecule has 13 heteroatoms. The van der Waals surface area contributed by atoms with Crippen molar-refractivity contribution in [3.63, 3.8) is 0 Å². The zero-order valence-corrected chi connectivity index (χ0v) is 20.4. The molecule has 2 aromatic carbocycles. The summed E-state index contributed by atoms with van der Waals surface area (Å²) < 4.78 is 73.7. The average Bonchev–Trinajstić information content (AvgIpc) is 2.82. The fourth-order valence-electron chi connectivity index (χ4n) is 3.84. The van der Waals surface area contributed by atoms with Gasteiger partial charge in [0.1, 0.15) is 11.5 Å². The van der Waals surface area contributed by atoms with Crippen LogP contribution in [-0.4, -0.2) is 62.5 Å². The predicted molar refractivity (Wildman–Crippen MR) is 123 cm³/mol. The van der Waals surface area contributed by atoms with Crippen LogP contribution in [0, 0.1) is 0 Å². The Bertz CT molecular complexity index is 1090. The van der Waals surface area contributed by atoms with Crippen LogP contribution in [0.25, 0.3) is 0 Å². The zero-order valence-electron chi connectivity index (χ0n) is 18.7. The summed E-state index contributed by atoms with van der Waals surface area (Å²) in [6.07, 6.45) is -4.50.